The van der Waals surface area contributed by atoms with Gasteiger partial charge in [-0.15, -0.1) is 10.2 Å². The molecule has 0 atom stereocenters. The minimum Gasteiger partial charge on any atom is -0.358 e. The summed E-state index contributed by atoms with van der Waals surface area (Å²) in [6, 6.07) is -0.215. The fourth-order valence-electron chi connectivity index (χ4n) is 1.24. The highest BCUT2D eigenvalue weighted by Gasteiger charge is 2.16. The van der Waals surface area contributed by atoms with E-state index in [1.807, 2.05) is 34.6 Å². The zero-order valence-corrected chi connectivity index (χ0v) is 14.4. The van der Waals surface area contributed by atoms with Crippen molar-refractivity contribution in [3.05, 3.63) is 0 Å². The fourth-order valence-corrected chi connectivity index (χ4v) is 2.93. The molecule has 1 rings (SSSR count). The molecule has 0 aromatic carbocycles. The van der Waals surface area contributed by atoms with Crippen LogP contribution < -0.4 is 16.0 Å². The zero-order chi connectivity index (χ0) is 16.0. The van der Waals surface area contributed by atoms with E-state index in [0.29, 0.717) is 4.34 Å². The Labute approximate surface area is 132 Å². The van der Waals surface area contributed by atoms with Crippen molar-refractivity contribution in [1.82, 2.24) is 20.8 Å². The molecule has 21 heavy (non-hydrogen) atoms. The van der Waals surface area contributed by atoms with E-state index in [1.54, 1.807) is 0 Å². The van der Waals surface area contributed by atoms with Crippen LogP contribution >= 0.6 is 23.1 Å². The van der Waals surface area contributed by atoms with Crippen LogP contribution in [0.5, 0.6) is 0 Å². The van der Waals surface area contributed by atoms with Crippen molar-refractivity contribution < 1.29 is 9.59 Å². The van der Waals surface area contributed by atoms with Crippen molar-refractivity contribution in [3.8, 4) is 0 Å². The minimum absolute atomic E-state index is 0.119. The van der Waals surface area contributed by atoms with E-state index in [1.165, 1.54) is 23.1 Å². The van der Waals surface area contributed by atoms with Crippen LogP contribution in [-0.4, -0.2) is 39.5 Å². The van der Waals surface area contributed by atoms with Gasteiger partial charge in [0.15, 0.2) is 4.34 Å². The van der Waals surface area contributed by atoms with Gasteiger partial charge in [-0.2, -0.15) is 0 Å². The van der Waals surface area contributed by atoms with Gasteiger partial charge in [-0.25, -0.2) is 4.79 Å². The smallest absolute Gasteiger partial charge is 0.321 e. The Morgan fingerprint density at radius 1 is 1.29 bits per heavy atom. The second-order valence-electron chi connectivity index (χ2n) is 5.71. The number of nitrogens with one attached hydrogen (secondary N) is 3. The Hall–Kier alpha value is -1.35. The number of imide groups is 1. The highest BCUT2D eigenvalue weighted by atomic mass is 32.2. The third-order valence-electron chi connectivity index (χ3n) is 1.89. The van der Waals surface area contributed by atoms with Gasteiger partial charge in [0.1, 0.15) is 0 Å². The van der Waals surface area contributed by atoms with Crippen molar-refractivity contribution in [2.75, 3.05) is 11.1 Å². The van der Waals surface area contributed by atoms with Crippen LogP contribution in [0.25, 0.3) is 0 Å². The van der Waals surface area contributed by atoms with E-state index in [9.17, 15) is 9.59 Å². The first-order valence-corrected chi connectivity index (χ1v) is 8.31. The Bertz CT molecular complexity index is 496. The molecule has 0 unspecified atom stereocenters. The average Bonchev–Trinajstić information content (AvgIpc) is 2.70. The Kier molecular flexibility index (Phi) is 6.41. The summed E-state index contributed by atoms with van der Waals surface area (Å²) >= 11 is 2.63. The molecule has 0 saturated carbocycles. The Balaban J connectivity index is 2.36. The molecule has 7 nitrogen and oxygen atoms in total. The molecule has 1 aromatic rings. The van der Waals surface area contributed by atoms with E-state index in [-0.39, 0.29) is 23.2 Å². The van der Waals surface area contributed by atoms with Crippen molar-refractivity contribution in [3.63, 3.8) is 0 Å². The summed E-state index contributed by atoms with van der Waals surface area (Å²) in [6.45, 7) is 9.55. The lowest BCUT2D eigenvalue weighted by Crippen LogP contribution is -2.48. The normalized spacial score (nSPS) is 11.3. The van der Waals surface area contributed by atoms with E-state index in [0.717, 1.165) is 5.13 Å². The van der Waals surface area contributed by atoms with Gasteiger partial charge in [0, 0.05) is 11.6 Å². The maximum Gasteiger partial charge on any atom is 0.321 e. The van der Waals surface area contributed by atoms with Gasteiger partial charge in [0.25, 0.3) is 0 Å². The number of anilines is 1. The van der Waals surface area contributed by atoms with Crippen molar-refractivity contribution in [1.29, 1.82) is 0 Å². The van der Waals surface area contributed by atoms with Crippen molar-refractivity contribution in [2.45, 2.75) is 50.5 Å². The Morgan fingerprint density at radius 2 is 1.95 bits per heavy atom. The van der Waals surface area contributed by atoms with Gasteiger partial charge in [0.05, 0.1) is 5.75 Å². The first-order valence-electron chi connectivity index (χ1n) is 6.50. The molecule has 0 saturated heterocycles. The summed E-state index contributed by atoms with van der Waals surface area (Å²) in [4.78, 5) is 23.2. The standard InChI is InChI=1S/C12H21N5O2S2/c1-7(2)13-10-16-17-11(21-10)20-6-8(18)14-9(19)15-12(3,4)5/h7H,6H2,1-5H3,(H,13,16)(H2,14,15,18,19). The molecule has 0 bridgehead atoms. The fraction of sp³-hybridized carbons (Fsp3) is 0.667. The third-order valence-corrected chi connectivity index (χ3v) is 3.87. The van der Waals surface area contributed by atoms with Crippen LogP contribution in [0.3, 0.4) is 0 Å². The number of amides is 3. The molecule has 0 radical (unpaired) electrons. The second-order valence-corrected chi connectivity index (χ2v) is 7.91. The number of thioether (sulfide) groups is 1. The lowest BCUT2D eigenvalue weighted by molar-refractivity contribution is -0.117. The quantitative estimate of drug-likeness (QED) is 0.715. The van der Waals surface area contributed by atoms with E-state index in [2.05, 4.69) is 26.1 Å². The second kappa shape index (κ2) is 7.60. The van der Waals surface area contributed by atoms with Crippen LogP contribution in [0.2, 0.25) is 0 Å². The molecule has 0 spiro atoms. The largest absolute Gasteiger partial charge is 0.358 e. The summed E-state index contributed by atoms with van der Waals surface area (Å²) in [5, 5.41) is 16.7. The number of rotatable bonds is 5. The van der Waals surface area contributed by atoms with Crippen LogP contribution in [0.4, 0.5) is 9.93 Å². The zero-order valence-electron chi connectivity index (χ0n) is 12.8. The van der Waals surface area contributed by atoms with Gasteiger partial charge in [-0.1, -0.05) is 23.1 Å². The maximum atomic E-state index is 11.6. The molecule has 118 valence electrons. The first-order chi connectivity index (χ1) is 9.65. The van der Waals surface area contributed by atoms with Crippen LogP contribution in [-0.2, 0) is 4.79 Å². The topological polar surface area (TPSA) is 96.0 Å². The summed E-state index contributed by atoms with van der Waals surface area (Å²) in [7, 11) is 0. The van der Waals surface area contributed by atoms with Crippen LogP contribution in [0.15, 0.2) is 4.34 Å². The number of aromatic nitrogens is 2. The monoisotopic (exact) mass is 331 g/mol. The SMILES string of the molecule is CC(C)Nc1nnc(SCC(=O)NC(=O)NC(C)(C)C)s1. The number of hydrogen-bond donors (Lipinski definition) is 3. The molecule has 3 N–H and O–H groups in total. The molecule has 0 fully saturated rings. The molecule has 0 aliphatic heterocycles. The predicted molar refractivity (Wildman–Crippen MR) is 85.8 cm³/mol. The number of carbonyl (C=O) groups is 2. The summed E-state index contributed by atoms with van der Waals surface area (Å²) in [6.07, 6.45) is 0. The predicted octanol–water partition coefficient (Wildman–Crippen LogP) is 2.07. The van der Waals surface area contributed by atoms with E-state index >= 15 is 0 Å². The van der Waals surface area contributed by atoms with Crippen molar-refractivity contribution in [2.24, 2.45) is 0 Å². The third kappa shape index (κ3) is 7.86. The van der Waals surface area contributed by atoms with Crippen molar-refractivity contribution >= 4 is 40.2 Å². The molecule has 9 heteroatoms. The minimum atomic E-state index is -0.493. The lowest BCUT2D eigenvalue weighted by atomic mass is 10.1. The number of carbonyl (C=O) groups excluding carboxylic acids is 2. The van der Waals surface area contributed by atoms with Gasteiger partial charge < -0.3 is 10.6 Å². The molecular formula is C12H21N5O2S2. The summed E-state index contributed by atoms with van der Waals surface area (Å²) < 4.78 is 0.685. The van der Waals surface area contributed by atoms with Gasteiger partial charge in [-0.3, -0.25) is 10.1 Å². The van der Waals surface area contributed by atoms with Gasteiger partial charge in [-0.05, 0) is 34.6 Å². The summed E-state index contributed by atoms with van der Waals surface area (Å²) in [5.74, 6) is -0.247. The molecule has 1 heterocycles. The Morgan fingerprint density at radius 3 is 2.52 bits per heavy atom. The highest BCUT2D eigenvalue weighted by molar-refractivity contribution is 8.01. The average molecular weight is 331 g/mol. The first kappa shape index (κ1) is 17.7. The molecular weight excluding hydrogens is 310 g/mol. The lowest BCUT2D eigenvalue weighted by Gasteiger charge is -2.20. The van der Waals surface area contributed by atoms with Crippen LogP contribution in [0.1, 0.15) is 34.6 Å². The van der Waals surface area contributed by atoms with E-state index in [4.69, 9.17) is 0 Å². The van der Waals surface area contributed by atoms with Crippen LogP contribution in [0, 0.1) is 0 Å². The van der Waals surface area contributed by atoms with Gasteiger partial charge in [0.2, 0.25) is 11.0 Å². The van der Waals surface area contributed by atoms with Gasteiger partial charge >= 0.3 is 6.03 Å². The highest BCUT2D eigenvalue weighted by Crippen LogP contribution is 2.25. The molecule has 3 amide bonds. The number of hydrogen-bond acceptors (Lipinski definition) is 7. The maximum absolute atomic E-state index is 11.6. The number of urea groups is 1. The molecule has 0 aliphatic carbocycles. The summed E-state index contributed by atoms with van der Waals surface area (Å²) in [5.41, 5.74) is -0.381. The molecule has 1 aromatic heterocycles. The number of nitrogens with zero attached hydrogens (tertiary/aromatic N) is 2. The van der Waals surface area contributed by atoms with E-state index < -0.39 is 6.03 Å². The molecule has 0 aliphatic rings.